The van der Waals surface area contributed by atoms with E-state index in [0.717, 1.165) is 18.4 Å². The van der Waals surface area contributed by atoms with Gasteiger partial charge in [-0.2, -0.15) is 5.10 Å². The summed E-state index contributed by atoms with van der Waals surface area (Å²) < 4.78 is 1.62. The number of aliphatic hydroxyl groups is 1. The van der Waals surface area contributed by atoms with Gasteiger partial charge >= 0.3 is 0 Å². The van der Waals surface area contributed by atoms with E-state index in [-0.39, 0.29) is 19.1 Å². The minimum atomic E-state index is 0.0202. The summed E-state index contributed by atoms with van der Waals surface area (Å²) in [6.45, 7) is 0.452. The maximum Gasteiger partial charge on any atom is 0.243 e. The highest BCUT2D eigenvalue weighted by Crippen LogP contribution is 2.01. The molecule has 1 N–H and O–H groups in total. The molecule has 0 saturated heterocycles. The molecule has 84 valence electrons. The Bertz CT molecular complexity index is 320. The smallest absolute Gasteiger partial charge is 0.243 e. The maximum absolute atomic E-state index is 11.4. The lowest BCUT2D eigenvalue weighted by Crippen LogP contribution is -2.26. The summed E-state index contributed by atoms with van der Waals surface area (Å²) in [6, 6.07) is 0. The zero-order chi connectivity index (χ0) is 11.3. The van der Waals surface area contributed by atoms with Crippen LogP contribution in [0.2, 0.25) is 0 Å². The number of aromatic nitrogens is 2. The highest BCUT2D eigenvalue weighted by molar-refractivity contribution is 5.75. The Hall–Kier alpha value is -1.36. The van der Waals surface area contributed by atoms with E-state index >= 15 is 0 Å². The SMILES string of the molecule is CN(C)C(=O)Cn1cc(CCCO)cn1. The third-order valence-corrected chi connectivity index (χ3v) is 2.11. The first kappa shape index (κ1) is 11.7. The maximum atomic E-state index is 11.4. The van der Waals surface area contributed by atoms with E-state index in [4.69, 9.17) is 5.11 Å². The minimum Gasteiger partial charge on any atom is -0.396 e. The topological polar surface area (TPSA) is 58.4 Å². The van der Waals surface area contributed by atoms with Crippen LogP contribution in [0, 0.1) is 0 Å². The predicted octanol–water partition coefficient (Wildman–Crippen LogP) is -0.104. The number of hydrogen-bond donors (Lipinski definition) is 1. The average molecular weight is 211 g/mol. The van der Waals surface area contributed by atoms with Crippen molar-refractivity contribution in [2.24, 2.45) is 0 Å². The van der Waals surface area contributed by atoms with Gasteiger partial charge < -0.3 is 10.0 Å². The molecule has 1 rings (SSSR count). The van der Waals surface area contributed by atoms with Gasteiger partial charge in [0, 0.05) is 26.9 Å². The van der Waals surface area contributed by atoms with Gasteiger partial charge in [-0.25, -0.2) is 0 Å². The molecule has 0 atom stereocenters. The van der Waals surface area contributed by atoms with Crippen molar-refractivity contribution in [3.05, 3.63) is 18.0 Å². The van der Waals surface area contributed by atoms with Crippen LogP contribution in [0.15, 0.2) is 12.4 Å². The summed E-state index contributed by atoms with van der Waals surface area (Å²) in [5.41, 5.74) is 1.05. The van der Waals surface area contributed by atoms with E-state index in [1.165, 1.54) is 4.90 Å². The standard InChI is InChI=1S/C10H17N3O2/c1-12(2)10(15)8-13-7-9(6-11-13)4-3-5-14/h6-7,14H,3-5,8H2,1-2H3. The number of amides is 1. The zero-order valence-corrected chi connectivity index (χ0v) is 9.18. The summed E-state index contributed by atoms with van der Waals surface area (Å²) in [7, 11) is 3.44. The van der Waals surface area contributed by atoms with Crippen molar-refractivity contribution in [3.8, 4) is 0 Å². The molecule has 0 aliphatic rings. The molecule has 0 aliphatic carbocycles. The van der Waals surface area contributed by atoms with Crippen LogP contribution in [-0.2, 0) is 17.8 Å². The van der Waals surface area contributed by atoms with Gasteiger partial charge in [0.05, 0.1) is 6.20 Å². The second-order valence-electron chi connectivity index (χ2n) is 3.66. The van der Waals surface area contributed by atoms with Crippen LogP contribution in [0.25, 0.3) is 0 Å². The molecule has 0 aliphatic heterocycles. The van der Waals surface area contributed by atoms with Crippen molar-refractivity contribution in [3.63, 3.8) is 0 Å². The first-order valence-corrected chi connectivity index (χ1v) is 4.96. The number of likely N-dealkylation sites (N-methyl/N-ethyl adjacent to an activating group) is 1. The van der Waals surface area contributed by atoms with Crippen molar-refractivity contribution < 1.29 is 9.90 Å². The predicted molar refractivity (Wildman–Crippen MR) is 56.3 cm³/mol. The van der Waals surface area contributed by atoms with Crippen LogP contribution in [0.1, 0.15) is 12.0 Å². The number of rotatable bonds is 5. The molecular weight excluding hydrogens is 194 g/mol. The number of carbonyl (C=O) groups excluding carboxylic acids is 1. The Balaban J connectivity index is 2.49. The van der Waals surface area contributed by atoms with Crippen molar-refractivity contribution in [1.29, 1.82) is 0 Å². The number of aryl methyl sites for hydroxylation is 1. The molecule has 1 aromatic heterocycles. The molecule has 1 heterocycles. The number of carbonyl (C=O) groups is 1. The molecule has 5 nitrogen and oxygen atoms in total. The first-order chi connectivity index (χ1) is 7.13. The summed E-state index contributed by atoms with van der Waals surface area (Å²) in [4.78, 5) is 12.9. The van der Waals surface area contributed by atoms with E-state index in [2.05, 4.69) is 5.10 Å². The highest BCUT2D eigenvalue weighted by Gasteiger charge is 2.06. The van der Waals surface area contributed by atoms with Crippen LogP contribution >= 0.6 is 0 Å². The van der Waals surface area contributed by atoms with Crippen molar-refractivity contribution >= 4 is 5.91 Å². The Labute approximate surface area is 89.3 Å². The third kappa shape index (κ3) is 3.71. The molecule has 0 radical (unpaired) electrons. The van der Waals surface area contributed by atoms with Crippen LogP contribution in [0.3, 0.4) is 0 Å². The Morgan fingerprint density at radius 1 is 1.60 bits per heavy atom. The van der Waals surface area contributed by atoms with Gasteiger partial charge in [0.15, 0.2) is 0 Å². The third-order valence-electron chi connectivity index (χ3n) is 2.11. The van der Waals surface area contributed by atoms with Crippen LogP contribution < -0.4 is 0 Å². The fourth-order valence-corrected chi connectivity index (χ4v) is 1.19. The summed E-state index contributed by atoms with van der Waals surface area (Å²) in [5, 5.41) is 12.7. The quantitative estimate of drug-likeness (QED) is 0.739. The lowest BCUT2D eigenvalue weighted by Gasteiger charge is -2.09. The lowest BCUT2D eigenvalue weighted by molar-refractivity contribution is -0.129. The molecule has 0 spiro atoms. The van der Waals surface area contributed by atoms with E-state index in [0.29, 0.717) is 0 Å². The van der Waals surface area contributed by atoms with Gasteiger partial charge in [-0.15, -0.1) is 0 Å². The number of aliphatic hydroxyl groups excluding tert-OH is 1. The fraction of sp³-hybridized carbons (Fsp3) is 0.600. The van der Waals surface area contributed by atoms with E-state index in [1.54, 1.807) is 25.0 Å². The fourth-order valence-electron chi connectivity index (χ4n) is 1.19. The normalized spacial score (nSPS) is 10.3. The largest absolute Gasteiger partial charge is 0.396 e. The average Bonchev–Trinajstić information content (AvgIpc) is 2.62. The molecule has 15 heavy (non-hydrogen) atoms. The molecular formula is C10H17N3O2. The molecule has 0 bridgehead atoms. The molecule has 1 aromatic rings. The molecule has 0 fully saturated rings. The van der Waals surface area contributed by atoms with Crippen molar-refractivity contribution in [2.75, 3.05) is 20.7 Å². The molecule has 5 heteroatoms. The lowest BCUT2D eigenvalue weighted by atomic mass is 10.2. The minimum absolute atomic E-state index is 0.0202. The molecule has 1 amide bonds. The highest BCUT2D eigenvalue weighted by atomic mass is 16.2. The first-order valence-electron chi connectivity index (χ1n) is 4.96. The van der Waals surface area contributed by atoms with E-state index < -0.39 is 0 Å². The van der Waals surface area contributed by atoms with Gasteiger partial charge in [-0.1, -0.05) is 0 Å². The van der Waals surface area contributed by atoms with E-state index in [9.17, 15) is 4.79 Å². The summed E-state index contributed by atoms with van der Waals surface area (Å²) in [5.74, 6) is 0.0202. The second-order valence-corrected chi connectivity index (χ2v) is 3.66. The van der Waals surface area contributed by atoms with Crippen molar-refractivity contribution in [2.45, 2.75) is 19.4 Å². The van der Waals surface area contributed by atoms with Gasteiger partial charge in [0.1, 0.15) is 6.54 Å². The molecule has 0 unspecified atom stereocenters. The monoisotopic (exact) mass is 211 g/mol. The van der Waals surface area contributed by atoms with E-state index in [1.807, 2.05) is 6.20 Å². The Kier molecular flexibility index (Phi) is 4.30. The Morgan fingerprint density at radius 3 is 2.93 bits per heavy atom. The van der Waals surface area contributed by atoms with Gasteiger partial charge in [-0.3, -0.25) is 9.48 Å². The van der Waals surface area contributed by atoms with Gasteiger partial charge in [-0.05, 0) is 18.4 Å². The molecule has 0 saturated carbocycles. The summed E-state index contributed by atoms with van der Waals surface area (Å²) >= 11 is 0. The van der Waals surface area contributed by atoms with Crippen LogP contribution in [0.4, 0.5) is 0 Å². The van der Waals surface area contributed by atoms with Gasteiger partial charge in [0.25, 0.3) is 0 Å². The zero-order valence-electron chi connectivity index (χ0n) is 9.18. The second kappa shape index (κ2) is 5.50. The van der Waals surface area contributed by atoms with Crippen molar-refractivity contribution in [1.82, 2.24) is 14.7 Å². The van der Waals surface area contributed by atoms with Crippen LogP contribution in [0.5, 0.6) is 0 Å². The van der Waals surface area contributed by atoms with Gasteiger partial charge in [0.2, 0.25) is 5.91 Å². The number of nitrogens with zero attached hydrogens (tertiary/aromatic N) is 3. The van der Waals surface area contributed by atoms with Crippen LogP contribution in [-0.4, -0.2) is 46.4 Å². The summed E-state index contributed by atoms with van der Waals surface area (Å²) in [6.07, 6.45) is 5.11. The molecule has 0 aromatic carbocycles. The Morgan fingerprint density at radius 2 is 2.33 bits per heavy atom. The number of hydrogen-bond acceptors (Lipinski definition) is 3.